The second kappa shape index (κ2) is 4.13. The Kier molecular flexibility index (Phi) is 2.85. The van der Waals surface area contributed by atoms with Gasteiger partial charge < -0.3 is 9.64 Å². The number of benzene rings is 1. The first-order valence-corrected chi connectivity index (χ1v) is 5.62. The number of hydrogen-bond acceptors (Lipinski definition) is 2. The minimum Gasteiger partial charge on any atom is -0.497 e. The second-order valence-electron chi connectivity index (χ2n) is 4.58. The number of methoxy groups -OCH3 is 1. The molecule has 82 valence electrons. The van der Waals surface area contributed by atoms with Crippen LogP contribution in [0.4, 0.5) is 5.69 Å². The van der Waals surface area contributed by atoms with E-state index in [0.717, 1.165) is 18.8 Å². The maximum absolute atomic E-state index is 5.27. The van der Waals surface area contributed by atoms with Crippen LogP contribution >= 0.6 is 0 Å². The Morgan fingerprint density at radius 3 is 2.87 bits per heavy atom. The van der Waals surface area contributed by atoms with Crippen LogP contribution in [0.25, 0.3) is 0 Å². The lowest BCUT2D eigenvalue weighted by Gasteiger charge is -2.21. The van der Waals surface area contributed by atoms with Gasteiger partial charge in [0.05, 0.1) is 7.11 Å². The minimum atomic E-state index is 0.710. The number of fused-ring (bicyclic) bond motifs is 1. The third kappa shape index (κ3) is 2.09. The number of anilines is 1. The highest BCUT2D eigenvalue weighted by molar-refractivity contribution is 5.60. The van der Waals surface area contributed by atoms with Gasteiger partial charge in [-0.1, -0.05) is 19.9 Å². The van der Waals surface area contributed by atoms with Crippen LogP contribution in [0.1, 0.15) is 19.4 Å². The smallest absolute Gasteiger partial charge is 0.120 e. The molecule has 1 aromatic rings. The van der Waals surface area contributed by atoms with E-state index in [4.69, 9.17) is 4.74 Å². The molecular formula is C13H19NO. The maximum Gasteiger partial charge on any atom is 0.120 e. The Balaban J connectivity index is 2.23. The molecule has 2 rings (SSSR count). The minimum absolute atomic E-state index is 0.710. The molecule has 0 bridgehead atoms. The molecule has 2 heteroatoms. The highest BCUT2D eigenvalue weighted by atomic mass is 16.5. The molecule has 0 amide bonds. The van der Waals surface area contributed by atoms with Crippen molar-refractivity contribution in [3.05, 3.63) is 23.8 Å². The Morgan fingerprint density at radius 1 is 1.40 bits per heavy atom. The van der Waals surface area contributed by atoms with E-state index in [1.165, 1.54) is 17.7 Å². The molecule has 1 heterocycles. The van der Waals surface area contributed by atoms with Gasteiger partial charge >= 0.3 is 0 Å². The fraction of sp³-hybridized carbons (Fsp3) is 0.538. The molecule has 0 atom stereocenters. The standard InChI is InChI=1S/C13H19NO/c1-10(2)9-14-7-6-11-4-5-12(15-3)8-13(11)14/h4-5,8,10H,6-7,9H2,1-3H3. The van der Waals surface area contributed by atoms with Crippen LogP contribution in [0, 0.1) is 5.92 Å². The first-order chi connectivity index (χ1) is 7.20. The van der Waals surface area contributed by atoms with Crippen molar-refractivity contribution in [1.29, 1.82) is 0 Å². The van der Waals surface area contributed by atoms with Crippen molar-refractivity contribution in [3.8, 4) is 5.75 Å². The molecule has 1 aliphatic rings. The quantitative estimate of drug-likeness (QED) is 0.752. The van der Waals surface area contributed by atoms with Crippen molar-refractivity contribution in [3.63, 3.8) is 0 Å². The summed E-state index contributed by atoms with van der Waals surface area (Å²) in [6, 6.07) is 6.40. The predicted octanol–water partition coefficient (Wildman–Crippen LogP) is 2.71. The van der Waals surface area contributed by atoms with E-state index in [0.29, 0.717) is 5.92 Å². The van der Waals surface area contributed by atoms with Gasteiger partial charge in [-0.05, 0) is 24.0 Å². The van der Waals surface area contributed by atoms with E-state index in [2.05, 4.69) is 36.9 Å². The molecule has 0 radical (unpaired) electrons. The van der Waals surface area contributed by atoms with Crippen LogP contribution in [-0.4, -0.2) is 20.2 Å². The van der Waals surface area contributed by atoms with E-state index < -0.39 is 0 Å². The van der Waals surface area contributed by atoms with Gasteiger partial charge in [-0.25, -0.2) is 0 Å². The highest BCUT2D eigenvalue weighted by Gasteiger charge is 2.19. The van der Waals surface area contributed by atoms with Gasteiger partial charge in [-0.2, -0.15) is 0 Å². The summed E-state index contributed by atoms with van der Waals surface area (Å²) in [5.74, 6) is 1.67. The normalized spacial score (nSPS) is 14.5. The Hall–Kier alpha value is -1.18. The van der Waals surface area contributed by atoms with Gasteiger partial charge in [0.1, 0.15) is 5.75 Å². The lowest BCUT2D eigenvalue weighted by atomic mass is 10.1. The summed E-state index contributed by atoms with van der Waals surface area (Å²) >= 11 is 0. The summed E-state index contributed by atoms with van der Waals surface area (Å²) in [6.07, 6.45) is 1.17. The first-order valence-electron chi connectivity index (χ1n) is 5.62. The van der Waals surface area contributed by atoms with E-state index in [-0.39, 0.29) is 0 Å². The maximum atomic E-state index is 5.27. The average molecular weight is 205 g/mol. The summed E-state index contributed by atoms with van der Waals surface area (Å²) in [6.45, 7) is 6.82. The number of hydrogen-bond donors (Lipinski definition) is 0. The predicted molar refractivity (Wildman–Crippen MR) is 63.7 cm³/mol. The zero-order chi connectivity index (χ0) is 10.8. The van der Waals surface area contributed by atoms with Gasteiger partial charge in [0, 0.05) is 24.8 Å². The van der Waals surface area contributed by atoms with Crippen LogP contribution < -0.4 is 9.64 Å². The third-order valence-corrected chi connectivity index (χ3v) is 2.87. The summed E-state index contributed by atoms with van der Waals surface area (Å²) in [5, 5.41) is 0. The van der Waals surface area contributed by atoms with E-state index in [1.54, 1.807) is 7.11 Å². The lowest BCUT2D eigenvalue weighted by molar-refractivity contribution is 0.415. The topological polar surface area (TPSA) is 12.5 Å². The zero-order valence-corrected chi connectivity index (χ0v) is 9.79. The molecule has 0 unspecified atom stereocenters. The summed E-state index contributed by atoms with van der Waals surface area (Å²) in [5.41, 5.74) is 2.82. The molecule has 0 N–H and O–H groups in total. The van der Waals surface area contributed by atoms with Crippen LogP contribution in [0.15, 0.2) is 18.2 Å². The molecule has 15 heavy (non-hydrogen) atoms. The Bertz CT molecular complexity index is 346. The average Bonchev–Trinajstić information content (AvgIpc) is 2.60. The second-order valence-corrected chi connectivity index (χ2v) is 4.58. The molecule has 0 aromatic heterocycles. The molecule has 0 fully saturated rings. The Morgan fingerprint density at radius 2 is 2.20 bits per heavy atom. The number of ether oxygens (including phenoxy) is 1. The van der Waals surface area contributed by atoms with Crippen molar-refractivity contribution in [2.75, 3.05) is 25.1 Å². The monoisotopic (exact) mass is 205 g/mol. The SMILES string of the molecule is COc1ccc2c(c1)N(CC(C)C)CC2. The lowest BCUT2D eigenvalue weighted by Crippen LogP contribution is -2.25. The molecule has 0 spiro atoms. The first kappa shape index (κ1) is 10.3. The molecule has 0 saturated carbocycles. The number of rotatable bonds is 3. The largest absolute Gasteiger partial charge is 0.497 e. The van der Waals surface area contributed by atoms with Crippen molar-refractivity contribution in [1.82, 2.24) is 0 Å². The fourth-order valence-electron chi connectivity index (χ4n) is 2.18. The number of nitrogens with zero attached hydrogens (tertiary/aromatic N) is 1. The van der Waals surface area contributed by atoms with E-state index >= 15 is 0 Å². The van der Waals surface area contributed by atoms with Crippen LogP contribution in [0.2, 0.25) is 0 Å². The summed E-state index contributed by atoms with van der Waals surface area (Å²) in [7, 11) is 1.73. The summed E-state index contributed by atoms with van der Waals surface area (Å²) in [4.78, 5) is 2.46. The zero-order valence-electron chi connectivity index (χ0n) is 9.79. The van der Waals surface area contributed by atoms with Gasteiger partial charge in [-0.3, -0.25) is 0 Å². The highest BCUT2D eigenvalue weighted by Crippen LogP contribution is 2.31. The Labute approximate surface area is 91.9 Å². The van der Waals surface area contributed by atoms with E-state index in [9.17, 15) is 0 Å². The van der Waals surface area contributed by atoms with E-state index in [1.807, 2.05) is 0 Å². The molecule has 1 aromatic carbocycles. The van der Waals surface area contributed by atoms with Crippen molar-refractivity contribution in [2.45, 2.75) is 20.3 Å². The molecule has 0 saturated heterocycles. The summed E-state index contributed by atoms with van der Waals surface area (Å²) < 4.78 is 5.27. The molecular weight excluding hydrogens is 186 g/mol. The van der Waals surface area contributed by atoms with Gasteiger partial charge in [0.15, 0.2) is 0 Å². The molecule has 1 aliphatic heterocycles. The van der Waals surface area contributed by atoms with Crippen molar-refractivity contribution in [2.24, 2.45) is 5.92 Å². The van der Waals surface area contributed by atoms with Crippen LogP contribution in [-0.2, 0) is 6.42 Å². The molecule has 2 nitrogen and oxygen atoms in total. The van der Waals surface area contributed by atoms with Crippen LogP contribution in [0.5, 0.6) is 5.75 Å². The van der Waals surface area contributed by atoms with Gasteiger partial charge in [-0.15, -0.1) is 0 Å². The van der Waals surface area contributed by atoms with Crippen molar-refractivity contribution < 1.29 is 4.74 Å². The van der Waals surface area contributed by atoms with Gasteiger partial charge in [0.2, 0.25) is 0 Å². The van der Waals surface area contributed by atoms with Gasteiger partial charge in [0.25, 0.3) is 0 Å². The third-order valence-electron chi connectivity index (χ3n) is 2.87. The van der Waals surface area contributed by atoms with Crippen molar-refractivity contribution >= 4 is 5.69 Å². The fourth-order valence-corrected chi connectivity index (χ4v) is 2.18. The molecule has 0 aliphatic carbocycles. The van der Waals surface area contributed by atoms with Crippen LogP contribution in [0.3, 0.4) is 0 Å².